The van der Waals surface area contributed by atoms with Crippen molar-refractivity contribution in [2.45, 2.75) is 24.8 Å². The van der Waals surface area contributed by atoms with Gasteiger partial charge in [0.25, 0.3) is 0 Å². The highest BCUT2D eigenvalue weighted by Gasteiger charge is 2.39. The molecule has 4 rings (SSSR count). The molecule has 0 bridgehead atoms. The van der Waals surface area contributed by atoms with Gasteiger partial charge in [0, 0.05) is 31.5 Å². The zero-order valence-electron chi connectivity index (χ0n) is 14.1. The molecule has 4 nitrogen and oxygen atoms in total. The van der Waals surface area contributed by atoms with E-state index in [1.807, 2.05) is 65.6 Å². The molecule has 2 saturated heterocycles. The van der Waals surface area contributed by atoms with Gasteiger partial charge in [0.2, 0.25) is 11.8 Å². The summed E-state index contributed by atoms with van der Waals surface area (Å²) in [6.07, 6.45) is 1.38. The predicted octanol–water partition coefficient (Wildman–Crippen LogP) is 2.56. The van der Waals surface area contributed by atoms with E-state index < -0.39 is 0 Å². The SMILES string of the molecule is O=C1C[C@@H]2CN(C(=O)C(c3ccccc3)c3ccccc3)CC[C@@H]2N1. The number of benzene rings is 2. The summed E-state index contributed by atoms with van der Waals surface area (Å²) in [5, 5.41) is 3.03. The van der Waals surface area contributed by atoms with Crippen LogP contribution in [0.15, 0.2) is 60.7 Å². The first-order chi connectivity index (χ1) is 12.2. The summed E-state index contributed by atoms with van der Waals surface area (Å²) in [5.74, 6) is 0.212. The third kappa shape index (κ3) is 3.16. The molecule has 2 aromatic rings. The average Bonchev–Trinajstić information content (AvgIpc) is 3.03. The lowest BCUT2D eigenvalue weighted by molar-refractivity contribution is -0.133. The number of carbonyl (C=O) groups excluding carboxylic acids is 2. The van der Waals surface area contributed by atoms with Crippen molar-refractivity contribution in [1.29, 1.82) is 0 Å². The number of carbonyl (C=O) groups is 2. The topological polar surface area (TPSA) is 49.4 Å². The summed E-state index contributed by atoms with van der Waals surface area (Å²) in [6, 6.07) is 20.2. The normalized spacial score (nSPS) is 22.6. The van der Waals surface area contributed by atoms with E-state index in [2.05, 4.69) is 5.32 Å². The van der Waals surface area contributed by atoms with Crippen LogP contribution >= 0.6 is 0 Å². The molecule has 1 N–H and O–H groups in total. The predicted molar refractivity (Wildman–Crippen MR) is 96.0 cm³/mol. The molecule has 2 aliphatic rings. The highest BCUT2D eigenvalue weighted by Crippen LogP contribution is 2.31. The van der Waals surface area contributed by atoms with Gasteiger partial charge in [-0.3, -0.25) is 9.59 Å². The average molecular weight is 334 g/mol. The summed E-state index contributed by atoms with van der Waals surface area (Å²) < 4.78 is 0. The Balaban J connectivity index is 1.61. The minimum absolute atomic E-state index is 0.118. The molecule has 25 heavy (non-hydrogen) atoms. The van der Waals surface area contributed by atoms with E-state index in [0.717, 1.165) is 17.5 Å². The summed E-state index contributed by atoms with van der Waals surface area (Å²) in [6.45, 7) is 1.37. The third-order valence-electron chi connectivity index (χ3n) is 5.35. The summed E-state index contributed by atoms with van der Waals surface area (Å²) in [7, 11) is 0. The van der Waals surface area contributed by atoms with E-state index >= 15 is 0 Å². The Morgan fingerprint density at radius 1 is 1.00 bits per heavy atom. The Bertz CT molecular complexity index is 720. The molecule has 2 atom stereocenters. The maximum atomic E-state index is 13.4. The van der Waals surface area contributed by atoms with Crippen molar-refractivity contribution in [2.75, 3.05) is 13.1 Å². The van der Waals surface area contributed by atoms with Crippen LogP contribution in [-0.4, -0.2) is 35.8 Å². The largest absolute Gasteiger partial charge is 0.353 e. The van der Waals surface area contributed by atoms with Crippen LogP contribution in [0.3, 0.4) is 0 Å². The van der Waals surface area contributed by atoms with Crippen molar-refractivity contribution in [3.63, 3.8) is 0 Å². The van der Waals surface area contributed by atoms with E-state index in [1.165, 1.54) is 0 Å². The minimum atomic E-state index is -0.288. The number of hydrogen-bond acceptors (Lipinski definition) is 2. The number of hydrogen-bond donors (Lipinski definition) is 1. The van der Waals surface area contributed by atoms with Crippen LogP contribution in [0.2, 0.25) is 0 Å². The van der Waals surface area contributed by atoms with Gasteiger partial charge < -0.3 is 10.2 Å². The molecule has 4 heteroatoms. The smallest absolute Gasteiger partial charge is 0.234 e. The Kier molecular flexibility index (Phi) is 4.26. The Morgan fingerprint density at radius 3 is 2.20 bits per heavy atom. The summed E-state index contributed by atoms with van der Waals surface area (Å²) in [4.78, 5) is 27.0. The van der Waals surface area contributed by atoms with Crippen molar-refractivity contribution >= 4 is 11.8 Å². The van der Waals surface area contributed by atoms with Crippen molar-refractivity contribution in [3.8, 4) is 0 Å². The third-order valence-corrected chi connectivity index (χ3v) is 5.35. The van der Waals surface area contributed by atoms with Gasteiger partial charge in [-0.15, -0.1) is 0 Å². The van der Waals surface area contributed by atoms with Gasteiger partial charge in [-0.2, -0.15) is 0 Å². The van der Waals surface area contributed by atoms with Crippen LogP contribution in [0, 0.1) is 5.92 Å². The van der Waals surface area contributed by atoms with Crippen LogP contribution in [0.5, 0.6) is 0 Å². The van der Waals surface area contributed by atoms with Crippen molar-refractivity contribution in [3.05, 3.63) is 71.8 Å². The number of rotatable bonds is 3. The molecule has 2 aromatic carbocycles. The van der Waals surface area contributed by atoms with Gasteiger partial charge in [0.1, 0.15) is 0 Å². The standard InChI is InChI=1S/C21H22N2O2/c24-19-13-17-14-23(12-11-18(17)22-19)21(25)20(15-7-3-1-4-8-15)16-9-5-2-6-10-16/h1-10,17-18,20H,11-14H2,(H,22,24)/t17-,18+/m1/s1. The highest BCUT2D eigenvalue weighted by molar-refractivity contribution is 5.87. The molecule has 2 fully saturated rings. The lowest BCUT2D eigenvalue weighted by atomic mass is 9.87. The van der Waals surface area contributed by atoms with Crippen LogP contribution in [0.1, 0.15) is 29.9 Å². The zero-order chi connectivity index (χ0) is 17.2. The lowest BCUT2D eigenvalue weighted by Gasteiger charge is -2.36. The number of likely N-dealkylation sites (tertiary alicyclic amines) is 1. The quantitative estimate of drug-likeness (QED) is 0.938. The first kappa shape index (κ1) is 15.9. The lowest BCUT2D eigenvalue weighted by Crippen LogP contribution is -2.48. The van der Waals surface area contributed by atoms with Gasteiger partial charge in [-0.05, 0) is 17.5 Å². The van der Waals surface area contributed by atoms with Crippen molar-refractivity contribution in [1.82, 2.24) is 10.2 Å². The molecule has 2 heterocycles. The Hall–Kier alpha value is -2.62. The number of fused-ring (bicyclic) bond motifs is 1. The molecule has 0 saturated carbocycles. The molecule has 2 aliphatic heterocycles. The van der Waals surface area contributed by atoms with E-state index in [9.17, 15) is 9.59 Å². The number of nitrogens with one attached hydrogen (secondary N) is 1. The molecule has 0 radical (unpaired) electrons. The number of nitrogens with zero attached hydrogens (tertiary/aromatic N) is 1. The number of piperidine rings is 1. The Labute approximate surface area is 147 Å². The fourth-order valence-corrected chi connectivity index (χ4v) is 4.08. The zero-order valence-corrected chi connectivity index (χ0v) is 14.1. The van der Waals surface area contributed by atoms with E-state index in [1.54, 1.807) is 0 Å². The fraction of sp³-hybridized carbons (Fsp3) is 0.333. The highest BCUT2D eigenvalue weighted by atomic mass is 16.2. The van der Waals surface area contributed by atoms with E-state index in [4.69, 9.17) is 0 Å². The van der Waals surface area contributed by atoms with Gasteiger partial charge in [0.05, 0.1) is 5.92 Å². The molecule has 2 amide bonds. The van der Waals surface area contributed by atoms with Gasteiger partial charge in [0.15, 0.2) is 0 Å². The maximum absolute atomic E-state index is 13.4. The monoisotopic (exact) mass is 334 g/mol. The van der Waals surface area contributed by atoms with E-state index in [-0.39, 0.29) is 29.7 Å². The molecular weight excluding hydrogens is 312 g/mol. The minimum Gasteiger partial charge on any atom is -0.353 e. The number of amides is 2. The van der Waals surface area contributed by atoms with Crippen LogP contribution in [0.4, 0.5) is 0 Å². The van der Waals surface area contributed by atoms with Crippen LogP contribution in [-0.2, 0) is 9.59 Å². The molecule has 0 aromatic heterocycles. The first-order valence-corrected chi connectivity index (χ1v) is 8.90. The van der Waals surface area contributed by atoms with E-state index in [0.29, 0.717) is 19.5 Å². The van der Waals surface area contributed by atoms with Gasteiger partial charge in [-0.1, -0.05) is 60.7 Å². The fourth-order valence-electron chi connectivity index (χ4n) is 4.08. The Morgan fingerprint density at radius 2 is 1.60 bits per heavy atom. The molecular formula is C21H22N2O2. The molecule has 0 aliphatic carbocycles. The van der Waals surface area contributed by atoms with Crippen LogP contribution < -0.4 is 5.32 Å². The van der Waals surface area contributed by atoms with Crippen molar-refractivity contribution in [2.24, 2.45) is 5.92 Å². The van der Waals surface area contributed by atoms with Gasteiger partial charge in [-0.25, -0.2) is 0 Å². The second kappa shape index (κ2) is 6.71. The van der Waals surface area contributed by atoms with Crippen LogP contribution in [0.25, 0.3) is 0 Å². The molecule has 0 unspecified atom stereocenters. The molecule has 128 valence electrons. The first-order valence-electron chi connectivity index (χ1n) is 8.90. The van der Waals surface area contributed by atoms with Crippen molar-refractivity contribution < 1.29 is 9.59 Å². The second-order valence-electron chi connectivity index (χ2n) is 6.97. The maximum Gasteiger partial charge on any atom is 0.234 e. The summed E-state index contributed by atoms with van der Waals surface area (Å²) in [5.41, 5.74) is 2.03. The second-order valence-corrected chi connectivity index (χ2v) is 6.97. The van der Waals surface area contributed by atoms with Gasteiger partial charge >= 0.3 is 0 Å². The summed E-state index contributed by atoms with van der Waals surface area (Å²) >= 11 is 0. The molecule has 0 spiro atoms.